The summed E-state index contributed by atoms with van der Waals surface area (Å²) in [7, 11) is 1.35. The molecule has 212 valence electrons. The van der Waals surface area contributed by atoms with Gasteiger partial charge < -0.3 is 25.6 Å². The molecule has 1 aliphatic carbocycles. The Hall–Kier alpha value is -2.32. The summed E-state index contributed by atoms with van der Waals surface area (Å²) in [4.78, 5) is 54.2. The van der Waals surface area contributed by atoms with E-state index in [-0.39, 0.29) is 42.1 Å². The van der Waals surface area contributed by atoms with E-state index in [9.17, 15) is 19.2 Å². The van der Waals surface area contributed by atoms with Gasteiger partial charge in [-0.25, -0.2) is 4.79 Å². The van der Waals surface area contributed by atoms with Gasteiger partial charge in [-0.05, 0) is 56.8 Å². The molecule has 9 nitrogen and oxygen atoms in total. The summed E-state index contributed by atoms with van der Waals surface area (Å²) in [6.07, 6.45) is 4.93. The highest BCUT2D eigenvalue weighted by Crippen LogP contribution is 2.34. The molecule has 37 heavy (non-hydrogen) atoms. The number of amides is 4. The van der Waals surface area contributed by atoms with Crippen molar-refractivity contribution in [3.8, 4) is 0 Å². The number of nitrogens with zero attached hydrogens (tertiary/aromatic N) is 1. The number of rotatable bonds is 9. The lowest BCUT2D eigenvalue weighted by atomic mass is 9.80. The molecule has 1 heterocycles. The molecule has 4 amide bonds. The number of urea groups is 1. The molecule has 3 N–H and O–H groups in total. The van der Waals surface area contributed by atoms with Gasteiger partial charge in [-0.3, -0.25) is 14.4 Å². The quantitative estimate of drug-likeness (QED) is 0.400. The van der Waals surface area contributed by atoms with Gasteiger partial charge in [-0.2, -0.15) is 0 Å². The number of esters is 1. The van der Waals surface area contributed by atoms with Gasteiger partial charge in [-0.15, -0.1) is 0 Å². The maximum absolute atomic E-state index is 13.9. The van der Waals surface area contributed by atoms with Crippen LogP contribution in [0.15, 0.2) is 0 Å². The molecule has 2 fully saturated rings. The van der Waals surface area contributed by atoms with Crippen LogP contribution in [0.3, 0.4) is 0 Å². The van der Waals surface area contributed by atoms with Crippen molar-refractivity contribution in [2.75, 3.05) is 13.7 Å². The van der Waals surface area contributed by atoms with Crippen molar-refractivity contribution in [2.24, 2.45) is 23.2 Å². The maximum Gasteiger partial charge on any atom is 0.315 e. The fraction of sp³-hybridized carbons (Fsp3) is 0.857. The number of methoxy groups -OCH3 is 1. The van der Waals surface area contributed by atoms with Gasteiger partial charge in [0.25, 0.3) is 0 Å². The van der Waals surface area contributed by atoms with Crippen molar-refractivity contribution in [3.05, 3.63) is 0 Å². The predicted octanol–water partition coefficient (Wildman–Crippen LogP) is 3.61. The van der Waals surface area contributed by atoms with E-state index in [1.54, 1.807) is 4.90 Å². The minimum Gasteiger partial charge on any atom is -0.469 e. The summed E-state index contributed by atoms with van der Waals surface area (Å²) in [6, 6.07) is -2.21. The molecule has 1 saturated carbocycles. The summed E-state index contributed by atoms with van der Waals surface area (Å²) in [5.41, 5.74) is -1.02. The average molecular weight is 523 g/mol. The Balaban J connectivity index is 2.27. The van der Waals surface area contributed by atoms with Crippen LogP contribution in [0, 0.1) is 23.2 Å². The summed E-state index contributed by atoms with van der Waals surface area (Å²) in [5, 5.41) is 8.85. The zero-order chi connectivity index (χ0) is 28.1. The van der Waals surface area contributed by atoms with Crippen molar-refractivity contribution in [3.63, 3.8) is 0 Å². The van der Waals surface area contributed by atoms with Crippen LogP contribution in [0.1, 0.15) is 93.9 Å². The molecule has 9 heteroatoms. The molecule has 4 atom stereocenters. The molecular formula is C28H50N4O5. The van der Waals surface area contributed by atoms with Gasteiger partial charge in [-0.1, -0.05) is 53.9 Å². The topological polar surface area (TPSA) is 117 Å². The van der Waals surface area contributed by atoms with Gasteiger partial charge in [0.2, 0.25) is 11.8 Å². The third-order valence-electron chi connectivity index (χ3n) is 7.56. The zero-order valence-electron chi connectivity index (χ0n) is 24.4. The lowest BCUT2D eigenvalue weighted by Crippen LogP contribution is -2.61. The lowest BCUT2D eigenvalue weighted by molar-refractivity contribution is -0.144. The number of hydrogen-bond acceptors (Lipinski definition) is 5. The second-order valence-corrected chi connectivity index (χ2v) is 13.3. The minimum atomic E-state index is -0.808. The number of nitrogens with one attached hydrogen (secondary N) is 3. The van der Waals surface area contributed by atoms with Crippen molar-refractivity contribution >= 4 is 23.8 Å². The molecule has 0 bridgehead atoms. The highest BCUT2D eigenvalue weighted by Gasteiger charge is 2.47. The number of likely N-dealkylation sites (tertiary alicyclic amines) is 1. The van der Waals surface area contributed by atoms with Crippen molar-refractivity contribution in [1.82, 2.24) is 20.9 Å². The van der Waals surface area contributed by atoms with E-state index in [1.807, 2.05) is 41.5 Å². The molecule has 2 rings (SSSR count). The summed E-state index contributed by atoms with van der Waals surface area (Å²) in [5.74, 6) is -0.188. The van der Waals surface area contributed by atoms with Crippen LogP contribution in [-0.2, 0) is 19.1 Å². The van der Waals surface area contributed by atoms with Crippen LogP contribution in [-0.4, -0.2) is 66.0 Å². The number of carbonyl (C=O) groups excluding carboxylic acids is 4. The Morgan fingerprint density at radius 1 is 0.973 bits per heavy atom. The normalized spacial score (nSPS) is 22.2. The van der Waals surface area contributed by atoms with E-state index < -0.39 is 29.1 Å². The average Bonchev–Trinajstić information content (AvgIpc) is 3.17. The summed E-state index contributed by atoms with van der Waals surface area (Å²) in [6.45, 7) is 15.9. The van der Waals surface area contributed by atoms with Gasteiger partial charge in [0.15, 0.2) is 0 Å². The summed E-state index contributed by atoms with van der Waals surface area (Å²) < 4.78 is 4.88. The van der Waals surface area contributed by atoms with E-state index in [2.05, 4.69) is 29.8 Å². The smallest absolute Gasteiger partial charge is 0.315 e. The van der Waals surface area contributed by atoms with Crippen LogP contribution in [0.4, 0.5) is 4.79 Å². The molecular weight excluding hydrogens is 472 g/mol. The van der Waals surface area contributed by atoms with Crippen molar-refractivity contribution in [2.45, 2.75) is 118 Å². The molecule has 0 radical (unpaired) electrons. The Labute approximate surface area is 223 Å². The van der Waals surface area contributed by atoms with Crippen molar-refractivity contribution < 1.29 is 23.9 Å². The molecule has 0 aromatic rings. The molecule has 1 aliphatic heterocycles. The lowest BCUT2D eigenvalue weighted by Gasteiger charge is -2.38. The van der Waals surface area contributed by atoms with Gasteiger partial charge >= 0.3 is 12.0 Å². The zero-order valence-corrected chi connectivity index (χ0v) is 24.4. The minimum absolute atomic E-state index is 0.0181. The van der Waals surface area contributed by atoms with Gasteiger partial charge in [0, 0.05) is 18.1 Å². The summed E-state index contributed by atoms with van der Waals surface area (Å²) >= 11 is 0. The van der Waals surface area contributed by atoms with E-state index in [4.69, 9.17) is 4.74 Å². The Morgan fingerprint density at radius 2 is 1.59 bits per heavy atom. The van der Waals surface area contributed by atoms with Gasteiger partial charge in [0.05, 0.1) is 13.5 Å². The van der Waals surface area contributed by atoms with E-state index in [1.165, 1.54) is 13.5 Å². The predicted molar refractivity (Wildman–Crippen MR) is 144 cm³/mol. The highest BCUT2D eigenvalue weighted by atomic mass is 16.5. The third kappa shape index (κ3) is 8.88. The van der Waals surface area contributed by atoms with E-state index in [0.717, 1.165) is 19.3 Å². The van der Waals surface area contributed by atoms with Crippen LogP contribution in [0.25, 0.3) is 0 Å². The monoisotopic (exact) mass is 522 g/mol. The molecule has 2 aliphatic rings. The second-order valence-electron chi connectivity index (χ2n) is 13.3. The van der Waals surface area contributed by atoms with Crippen LogP contribution in [0.5, 0.6) is 0 Å². The Kier molecular flexibility index (Phi) is 10.4. The highest BCUT2D eigenvalue weighted by molar-refractivity contribution is 5.93. The van der Waals surface area contributed by atoms with Gasteiger partial charge in [0.1, 0.15) is 12.1 Å². The Morgan fingerprint density at radius 3 is 2.05 bits per heavy atom. The van der Waals surface area contributed by atoms with Crippen LogP contribution in [0.2, 0.25) is 0 Å². The Bertz CT molecular complexity index is 825. The number of hydrogen-bond donors (Lipinski definition) is 3. The molecule has 1 saturated heterocycles. The first-order valence-electron chi connectivity index (χ1n) is 13.8. The fourth-order valence-electron chi connectivity index (χ4n) is 5.31. The molecule has 0 spiro atoms. The maximum atomic E-state index is 13.9. The van der Waals surface area contributed by atoms with E-state index in [0.29, 0.717) is 18.9 Å². The fourth-order valence-corrected chi connectivity index (χ4v) is 5.31. The third-order valence-corrected chi connectivity index (χ3v) is 7.56. The largest absolute Gasteiger partial charge is 0.469 e. The molecule has 0 aromatic carbocycles. The first-order valence-corrected chi connectivity index (χ1v) is 13.8. The molecule has 0 aromatic heterocycles. The van der Waals surface area contributed by atoms with Crippen molar-refractivity contribution in [1.29, 1.82) is 0 Å². The number of carbonyl (C=O) groups is 4. The molecule has 2 unspecified atom stereocenters. The van der Waals surface area contributed by atoms with Crippen LogP contribution < -0.4 is 16.0 Å². The number of ether oxygens (including phenoxy) is 1. The standard InChI is InChI=1S/C28H50N4O5/c1-17(2)20-13-14-32(25(35)23(27(3,4)5)30-26(36)31-28(6,7)8)22(20)24(34)29-19(16-21(33)37-9)15-18-11-10-12-18/h17-20,22-23H,10-16H2,1-9H3,(H,29,34)(H2,30,31,36)/t19?,20?,22-,23+/m0/s1. The first-order chi connectivity index (χ1) is 17.0. The first kappa shape index (κ1) is 30.9. The SMILES string of the molecule is COC(=O)CC(CC1CCC1)NC(=O)[C@@H]1C(C(C)C)CCN1C(=O)[C@@H](NC(=O)NC(C)(C)C)C(C)(C)C. The van der Waals surface area contributed by atoms with Crippen LogP contribution >= 0.6 is 0 Å². The van der Waals surface area contributed by atoms with E-state index >= 15 is 0 Å². The second kappa shape index (κ2) is 12.5.